The molecule has 1 aromatic heterocycles. The fraction of sp³-hybridized carbons (Fsp3) is 0.500. The van der Waals surface area contributed by atoms with Gasteiger partial charge >= 0.3 is 0 Å². The number of nitrogens with two attached hydrogens (primary N) is 1. The molecule has 0 unspecified atom stereocenters. The van der Waals surface area contributed by atoms with Gasteiger partial charge in [0.25, 0.3) is 0 Å². The van der Waals surface area contributed by atoms with E-state index in [-0.39, 0.29) is 0 Å². The minimum Gasteiger partial charge on any atom is -0.341 e. The van der Waals surface area contributed by atoms with Crippen molar-refractivity contribution in [1.29, 1.82) is 0 Å². The third kappa shape index (κ3) is 2.40. The summed E-state index contributed by atoms with van der Waals surface area (Å²) >= 11 is 0. The first-order valence-corrected chi connectivity index (χ1v) is 7.26. The highest BCUT2D eigenvalue weighted by Crippen LogP contribution is 2.28. The molecule has 0 spiro atoms. The second-order valence-corrected chi connectivity index (χ2v) is 5.81. The van der Waals surface area contributed by atoms with Crippen molar-refractivity contribution in [2.45, 2.75) is 51.9 Å². The lowest BCUT2D eigenvalue weighted by Gasteiger charge is -2.15. The smallest absolute Gasteiger partial charge is 0.0488 e. The summed E-state index contributed by atoms with van der Waals surface area (Å²) in [6.07, 6.45) is 2.66. The Bertz CT molecular complexity index is 579. The van der Waals surface area contributed by atoms with Gasteiger partial charge in [-0.05, 0) is 44.4 Å². The van der Waals surface area contributed by atoms with Crippen molar-refractivity contribution in [3.05, 3.63) is 35.5 Å². The van der Waals surface area contributed by atoms with Crippen LogP contribution in [0.15, 0.2) is 24.3 Å². The molecule has 0 radical (unpaired) electrons. The highest BCUT2D eigenvalue weighted by molar-refractivity contribution is 5.85. The van der Waals surface area contributed by atoms with Crippen LogP contribution in [0.1, 0.15) is 44.0 Å². The molecular formula is C16H23N3. The number of nitrogens with zero attached hydrogens (tertiary/aromatic N) is 1. The van der Waals surface area contributed by atoms with E-state index in [1.54, 1.807) is 0 Å². The summed E-state index contributed by atoms with van der Waals surface area (Å²) in [5.74, 6) is 0. The molecule has 0 aliphatic heterocycles. The van der Waals surface area contributed by atoms with Crippen LogP contribution < -0.4 is 11.1 Å². The number of benzene rings is 1. The molecule has 1 fully saturated rings. The second kappa shape index (κ2) is 4.99. The summed E-state index contributed by atoms with van der Waals surface area (Å²) in [6, 6.07) is 9.98. The Hall–Kier alpha value is -1.32. The number of hydrogen-bond acceptors (Lipinski definition) is 2. The van der Waals surface area contributed by atoms with Crippen molar-refractivity contribution in [1.82, 2.24) is 9.88 Å². The Morgan fingerprint density at radius 2 is 2.16 bits per heavy atom. The van der Waals surface area contributed by atoms with Crippen LogP contribution in [0.2, 0.25) is 0 Å². The number of fused-ring (bicyclic) bond motifs is 1. The molecule has 3 rings (SSSR count). The average Bonchev–Trinajstić information content (AvgIpc) is 3.14. The van der Waals surface area contributed by atoms with E-state index < -0.39 is 0 Å². The predicted octanol–water partition coefficient (Wildman–Crippen LogP) is 2.93. The molecule has 1 heterocycles. The standard InChI is InChI=1S/C16H23N3/c1-11(2)19-14(10-18-13-6-7-13)8-15-12(9-17)4-3-5-16(15)19/h3-5,8,11,13,18H,6-7,9-10,17H2,1-2H3. The van der Waals surface area contributed by atoms with Crippen molar-refractivity contribution in [3.8, 4) is 0 Å². The van der Waals surface area contributed by atoms with Gasteiger partial charge in [-0.2, -0.15) is 0 Å². The van der Waals surface area contributed by atoms with Crippen LogP contribution >= 0.6 is 0 Å². The topological polar surface area (TPSA) is 43.0 Å². The van der Waals surface area contributed by atoms with E-state index >= 15 is 0 Å². The molecule has 0 saturated heterocycles. The van der Waals surface area contributed by atoms with Crippen molar-refractivity contribution in [2.24, 2.45) is 5.73 Å². The Morgan fingerprint density at radius 1 is 1.37 bits per heavy atom. The van der Waals surface area contributed by atoms with Gasteiger partial charge in [-0.25, -0.2) is 0 Å². The van der Waals surface area contributed by atoms with Crippen LogP contribution in [-0.2, 0) is 13.1 Å². The highest BCUT2D eigenvalue weighted by Gasteiger charge is 2.21. The summed E-state index contributed by atoms with van der Waals surface area (Å²) in [7, 11) is 0. The van der Waals surface area contributed by atoms with Crippen LogP contribution in [0.4, 0.5) is 0 Å². The zero-order valence-corrected chi connectivity index (χ0v) is 11.8. The molecule has 3 N–H and O–H groups in total. The SMILES string of the molecule is CC(C)n1c(CNC2CC2)cc2c(CN)cccc21. The van der Waals surface area contributed by atoms with Crippen LogP contribution in [0.5, 0.6) is 0 Å². The first kappa shape index (κ1) is 12.7. The maximum atomic E-state index is 5.86. The van der Waals surface area contributed by atoms with Crippen LogP contribution in [0, 0.1) is 0 Å². The molecule has 102 valence electrons. The van der Waals surface area contributed by atoms with Gasteiger partial charge in [-0.3, -0.25) is 0 Å². The predicted molar refractivity (Wildman–Crippen MR) is 80.1 cm³/mol. The molecule has 1 aliphatic carbocycles. The zero-order chi connectivity index (χ0) is 13.4. The fourth-order valence-electron chi connectivity index (χ4n) is 2.83. The van der Waals surface area contributed by atoms with Crippen LogP contribution in [-0.4, -0.2) is 10.6 Å². The monoisotopic (exact) mass is 257 g/mol. The average molecular weight is 257 g/mol. The van der Waals surface area contributed by atoms with Crippen molar-refractivity contribution >= 4 is 10.9 Å². The molecule has 0 atom stereocenters. The fourth-order valence-corrected chi connectivity index (χ4v) is 2.83. The lowest BCUT2D eigenvalue weighted by Crippen LogP contribution is -2.18. The summed E-state index contributed by atoms with van der Waals surface area (Å²) in [5, 5.41) is 4.93. The maximum Gasteiger partial charge on any atom is 0.0488 e. The Balaban J connectivity index is 2.05. The van der Waals surface area contributed by atoms with E-state index in [1.165, 1.54) is 35.0 Å². The summed E-state index contributed by atoms with van der Waals surface area (Å²) in [6.45, 7) is 6.06. The van der Waals surface area contributed by atoms with Gasteiger partial charge in [0, 0.05) is 41.8 Å². The van der Waals surface area contributed by atoms with E-state index in [1.807, 2.05) is 0 Å². The minimum absolute atomic E-state index is 0.474. The van der Waals surface area contributed by atoms with Gasteiger partial charge in [-0.15, -0.1) is 0 Å². The van der Waals surface area contributed by atoms with Crippen LogP contribution in [0.25, 0.3) is 10.9 Å². The van der Waals surface area contributed by atoms with Crippen molar-refractivity contribution < 1.29 is 0 Å². The zero-order valence-electron chi connectivity index (χ0n) is 11.8. The second-order valence-electron chi connectivity index (χ2n) is 5.81. The van der Waals surface area contributed by atoms with Crippen molar-refractivity contribution in [3.63, 3.8) is 0 Å². The molecular weight excluding hydrogens is 234 g/mol. The lowest BCUT2D eigenvalue weighted by atomic mass is 10.1. The first-order valence-electron chi connectivity index (χ1n) is 7.26. The van der Waals surface area contributed by atoms with Gasteiger partial charge in [-0.1, -0.05) is 12.1 Å². The van der Waals surface area contributed by atoms with E-state index in [4.69, 9.17) is 5.73 Å². The van der Waals surface area contributed by atoms with Gasteiger partial charge in [0.05, 0.1) is 0 Å². The molecule has 1 saturated carbocycles. The van der Waals surface area contributed by atoms with E-state index in [2.05, 4.69) is 48.0 Å². The molecule has 0 amide bonds. The third-order valence-corrected chi connectivity index (χ3v) is 3.94. The normalized spacial score (nSPS) is 15.6. The summed E-state index contributed by atoms with van der Waals surface area (Å²) in [5.41, 5.74) is 9.78. The summed E-state index contributed by atoms with van der Waals surface area (Å²) < 4.78 is 2.43. The van der Waals surface area contributed by atoms with Gasteiger partial charge in [0.1, 0.15) is 0 Å². The molecule has 19 heavy (non-hydrogen) atoms. The van der Waals surface area contributed by atoms with Gasteiger partial charge < -0.3 is 15.6 Å². The summed E-state index contributed by atoms with van der Waals surface area (Å²) in [4.78, 5) is 0. The van der Waals surface area contributed by atoms with Gasteiger partial charge in [0.2, 0.25) is 0 Å². The highest BCUT2D eigenvalue weighted by atomic mass is 15.1. The molecule has 0 bridgehead atoms. The van der Waals surface area contributed by atoms with Gasteiger partial charge in [0.15, 0.2) is 0 Å². The largest absolute Gasteiger partial charge is 0.341 e. The Kier molecular flexibility index (Phi) is 3.33. The quantitative estimate of drug-likeness (QED) is 0.865. The van der Waals surface area contributed by atoms with Crippen LogP contribution in [0.3, 0.4) is 0 Å². The number of hydrogen-bond donors (Lipinski definition) is 2. The first-order chi connectivity index (χ1) is 9.20. The van der Waals surface area contributed by atoms with E-state index in [0.717, 1.165) is 12.6 Å². The molecule has 1 aliphatic rings. The number of aromatic nitrogens is 1. The third-order valence-electron chi connectivity index (χ3n) is 3.94. The molecule has 3 nitrogen and oxygen atoms in total. The number of nitrogens with one attached hydrogen (secondary N) is 1. The lowest BCUT2D eigenvalue weighted by molar-refractivity contribution is 0.565. The molecule has 3 heteroatoms. The van der Waals surface area contributed by atoms with E-state index in [9.17, 15) is 0 Å². The number of rotatable bonds is 5. The maximum absolute atomic E-state index is 5.86. The minimum atomic E-state index is 0.474. The Labute approximate surface area is 114 Å². The van der Waals surface area contributed by atoms with E-state index in [0.29, 0.717) is 12.6 Å². The Morgan fingerprint density at radius 3 is 2.79 bits per heavy atom. The van der Waals surface area contributed by atoms with Crippen molar-refractivity contribution in [2.75, 3.05) is 0 Å². The molecule has 1 aromatic carbocycles. The molecule has 2 aromatic rings.